The average Bonchev–Trinajstić information content (AvgIpc) is 2.43. The summed E-state index contributed by atoms with van der Waals surface area (Å²) in [5.74, 6) is -0.284. The summed E-state index contributed by atoms with van der Waals surface area (Å²) in [6.07, 6.45) is 3.11. The number of unbranched alkanes of at least 4 members (excludes halogenated alkanes) is 1. The molecule has 0 spiro atoms. The van der Waals surface area contributed by atoms with Crippen molar-refractivity contribution < 1.29 is 4.79 Å². The van der Waals surface area contributed by atoms with E-state index in [1.54, 1.807) is 0 Å². The van der Waals surface area contributed by atoms with Gasteiger partial charge in [-0.05, 0) is 19.4 Å². The Morgan fingerprint density at radius 3 is 2.92 bits per heavy atom. The molecule has 1 aliphatic heterocycles. The Morgan fingerprint density at radius 2 is 2.38 bits per heavy atom. The zero-order valence-electron chi connectivity index (χ0n) is 8.00. The molecule has 1 heterocycles. The Bertz CT molecular complexity index is 186. The molecule has 4 heteroatoms. The standard InChI is InChI=1S/C9H17ClN2O/c1-2-3-5-12-6-4-7(10)8(12)9(11)13/h7-8H,2-6H2,1H3,(H2,11,13)/t7?,8-/m0/s1. The van der Waals surface area contributed by atoms with Gasteiger partial charge in [-0.15, -0.1) is 11.6 Å². The molecule has 0 aromatic carbocycles. The topological polar surface area (TPSA) is 46.3 Å². The second-order valence-corrected chi connectivity index (χ2v) is 4.10. The van der Waals surface area contributed by atoms with Gasteiger partial charge in [0.2, 0.25) is 5.91 Å². The SMILES string of the molecule is CCCCN1CCC(Cl)[C@H]1C(N)=O. The molecule has 3 nitrogen and oxygen atoms in total. The van der Waals surface area contributed by atoms with E-state index in [-0.39, 0.29) is 17.3 Å². The van der Waals surface area contributed by atoms with Crippen molar-refractivity contribution in [2.45, 2.75) is 37.6 Å². The summed E-state index contributed by atoms with van der Waals surface area (Å²) in [5, 5.41) is -0.0886. The molecule has 0 saturated carbocycles. The predicted octanol–water partition coefficient (Wildman–Crippen LogP) is 0.954. The van der Waals surface area contributed by atoms with Crippen molar-refractivity contribution >= 4 is 17.5 Å². The number of primary amides is 1. The number of hydrogen-bond acceptors (Lipinski definition) is 2. The smallest absolute Gasteiger partial charge is 0.236 e. The maximum Gasteiger partial charge on any atom is 0.236 e. The second-order valence-electron chi connectivity index (χ2n) is 3.54. The molecule has 0 radical (unpaired) electrons. The maximum absolute atomic E-state index is 11.1. The predicted molar refractivity (Wildman–Crippen MR) is 53.7 cm³/mol. The normalized spacial score (nSPS) is 29.4. The van der Waals surface area contributed by atoms with Crippen LogP contribution >= 0.6 is 11.6 Å². The summed E-state index contributed by atoms with van der Waals surface area (Å²) < 4.78 is 0. The molecular weight excluding hydrogens is 188 g/mol. The van der Waals surface area contributed by atoms with E-state index >= 15 is 0 Å². The van der Waals surface area contributed by atoms with Crippen LogP contribution in [0.3, 0.4) is 0 Å². The van der Waals surface area contributed by atoms with Crippen molar-refractivity contribution in [1.82, 2.24) is 4.90 Å². The van der Waals surface area contributed by atoms with Gasteiger partial charge in [0.15, 0.2) is 0 Å². The summed E-state index contributed by atoms with van der Waals surface area (Å²) >= 11 is 6.00. The van der Waals surface area contributed by atoms with Crippen LogP contribution in [-0.2, 0) is 4.79 Å². The molecule has 0 aromatic heterocycles. The van der Waals surface area contributed by atoms with Crippen LogP contribution < -0.4 is 5.73 Å². The third-order valence-corrected chi connectivity index (χ3v) is 2.98. The first-order valence-corrected chi connectivity index (χ1v) is 5.28. The van der Waals surface area contributed by atoms with Crippen molar-refractivity contribution in [3.8, 4) is 0 Å². The molecular formula is C9H17ClN2O. The van der Waals surface area contributed by atoms with Gasteiger partial charge in [-0.1, -0.05) is 13.3 Å². The van der Waals surface area contributed by atoms with Crippen LogP contribution in [-0.4, -0.2) is 35.3 Å². The van der Waals surface area contributed by atoms with Gasteiger partial charge in [0.05, 0.1) is 5.38 Å². The molecule has 0 aliphatic carbocycles. The lowest BCUT2D eigenvalue weighted by atomic mass is 10.2. The van der Waals surface area contributed by atoms with Crippen molar-refractivity contribution in [2.75, 3.05) is 13.1 Å². The largest absolute Gasteiger partial charge is 0.368 e. The van der Waals surface area contributed by atoms with Gasteiger partial charge in [0.1, 0.15) is 6.04 Å². The van der Waals surface area contributed by atoms with Gasteiger partial charge < -0.3 is 5.73 Å². The number of halogens is 1. The zero-order valence-corrected chi connectivity index (χ0v) is 8.76. The molecule has 2 N–H and O–H groups in total. The van der Waals surface area contributed by atoms with Gasteiger partial charge in [0, 0.05) is 6.54 Å². The van der Waals surface area contributed by atoms with Crippen LogP contribution in [0, 0.1) is 0 Å². The van der Waals surface area contributed by atoms with E-state index in [1.807, 2.05) is 0 Å². The highest BCUT2D eigenvalue weighted by atomic mass is 35.5. The molecule has 1 aliphatic rings. The summed E-state index contributed by atoms with van der Waals surface area (Å²) in [5.41, 5.74) is 5.29. The minimum absolute atomic E-state index is 0.0886. The highest BCUT2D eigenvalue weighted by molar-refractivity contribution is 6.22. The number of amides is 1. The van der Waals surface area contributed by atoms with E-state index in [1.165, 1.54) is 0 Å². The van der Waals surface area contributed by atoms with E-state index < -0.39 is 0 Å². The Hall–Kier alpha value is -0.280. The lowest BCUT2D eigenvalue weighted by Gasteiger charge is -2.22. The number of nitrogens with two attached hydrogens (primary N) is 1. The number of hydrogen-bond donors (Lipinski definition) is 1. The van der Waals surface area contributed by atoms with Crippen LogP contribution in [0.25, 0.3) is 0 Å². The second kappa shape index (κ2) is 4.82. The average molecular weight is 205 g/mol. The molecule has 13 heavy (non-hydrogen) atoms. The van der Waals surface area contributed by atoms with Crippen LogP contribution in [0.1, 0.15) is 26.2 Å². The van der Waals surface area contributed by atoms with Gasteiger partial charge in [-0.25, -0.2) is 0 Å². The molecule has 0 bridgehead atoms. The first kappa shape index (κ1) is 10.8. The van der Waals surface area contributed by atoms with Crippen LogP contribution in [0.4, 0.5) is 0 Å². The van der Waals surface area contributed by atoms with E-state index in [4.69, 9.17) is 17.3 Å². The summed E-state index contributed by atoms with van der Waals surface area (Å²) in [6, 6.07) is -0.242. The quantitative estimate of drug-likeness (QED) is 0.694. The molecule has 1 saturated heterocycles. The third-order valence-electron chi connectivity index (χ3n) is 2.52. The minimum atomic E-state index is -0.284. The van der Waals surface area contributed by atoms with E-state index in [0.717, 1.165) is 32.4 Å². The van der Waals surface area contributed by atoms with E-state index in [9.17, 15) is 4.79 Å². The molecule has 76 valence electrons. The lowest BCUT2D eigenvalue weighted by Crippen LogP contribution is -2.44. The Labute approximate surface area is 84.2 Å². The summed E-state index contributed by atoms with van der Waals surface area (Å²) in [7, 11) is 0. The number of nitrogens with zero attached hydrogens (tertiary/aromatic N) is 1. The van der Waals surface area contributed by atoms with Gasteiger partial charge in [0.25, 0.3) is 0 Å². The fourth-order valence-corrected chi connectivity index (χ4v) is 2.17. The first-order valence-electron chi connectivity index (χ1n) is 4.84. The molecule has 2 atom stereocenters. The lowest BCUT2D eigenvalue weighted by molar-refractivity contribution is -0.122. The highest BCUT2D eigenvalue weighted by Gasteiger charge is 2.36. The highest BCUT2D eigenvalue weighted by Crippen LogP contribution is 2.22. The summed E-state index contributed by atoms with van der Waals surface area (Å²) in [4.78, 5) is 13.2. The monoisotopic (exact) mass is 204 g/mol. The Kier molecular flexibility index (Phi) is 4.00. The first-order chi connectivity index (χ1) is 6.16. The molecule has 1 rings (SSSR count). The van der Waals surface area contributed by atoms with Gasteiger partial charge in [-0.3, -0.25) is 9.69 Å². The van der Waals surface area contributed by atoms with Crippen molar-refractivity contribution in [1.29, 1.82) is 0 Å². The number of alkyl halides is 1. The van der Waals surface area contributed by atoms with Gasteiger partial charge in [-0.2, -0.15) is 0 Å². The van der Waals surface area contributed by atoms with Crippen molar-refractivity contribution in [3.63, 3.8) is 0 Å². The third kappa shape index (κ3) is 2.58. The van der Waals surface area contributed by atoms with E-state index in [0.29, 0.717) is 0 Å². The van der Waals surface area contributed by atoms with Crippen LogP contribution in [0.2, 0.25) is 0 Å². The fraction of sp³-hybridized carbons (Fsp3) is 0.889. The number of carbonyl (C=O) groups is 1. The van der Waals surface area contributed by atoms with Crippen molar-refractivity contribution in [3.05, 3.63) is 0 Å². The minimum Gasteiger partial charge on any atom is -0.368 e. The van der Waals surface area contributed by atoms with Gasteiger partial charge >= 0.3 is 0 Å². The van der Waals surface area contributed by atoms with E-state index in [2.05, 4.69) is 11.8 Å². The molecule has 0 aromatic rings. The zero-order chi connectivity index (χ0) is 9.84. The van der Waals surface area contributed by atoms with Crippen LogP contribution in [0.15, 0.2) is 0 Å². The molecule has 1 unspecified atom stereocenters. The van der Waals surface area contributed by atoms with Crippen LogP contribution in [0.5, 0.6) is 0 Å². The number of likely N-dealkylation sites (tertiary alicyclic amines) is 1. The fourth-order valence-electron chi connectivity index (χ4n) is 1.79. The molecule has 1 amide bonds. The Balaban J connectivity index is 2.49. The molecule has 1 fully saturated rings. The van der Waals surface area contributed by atoms with Crippen molar-refractivity contribution in [2.24, 2.45) is 5.73 Å². The maximum atomic E-state index is 11.1. The number of carbonyl (C=O) groups excluding carboxylic acids is 1. The Morgan fingerprint density at radius 1 is 1.69 bits per heavy atom. The number of rotatable bonds is 4. The summed E-state index contributed by atoms with van der Waals surface area (Å²) in [6.45, 7) is 3.97.